The summed E-state index contributed by atoms with van der Waals surface area (Å²) in [7, 11) is 0. The van der Waals surface area contributed by atoms with E-state index in [0.717, 1.165) is 6.54 Å². The highest BCUT2D eigenvalue weighted by molar-refractivity contribution is 5.92. The average Bonchev–Trinajstić information content (AvgIpc) is 2.61. The maximum Gasteiger partial charge on any atom is 0.270 e. The summed E-state index contributed by atoms with van der Waals surface area (Å²) < 4.78 is 0. The molecule has 1 aromatic carbocycles. The zero-order valence-corrected chi connectivity index (χ0v) is 14.2. The molecular formula is C19H24N4O. The SMILES string of the molecule is Cc1nccc(C(=O)NCc2ccccc2CN2CCCCC2)n1. The molecule has 0 unspecified atom stereocenters. The van der Waals surface area contributed by atoms with E-state index in [4.69, 9.17) is 0 Å². The van der Waals surface area contributed by atoms with E-state index in [-0.39, 0.29) is 5.91 Å². The molecule has 0 aliphatic carbocycles. The average molecular weight is 324 g/mol. The van der Waals surface area contributed by atoms with Crippen molar-refractivity contribution in [2.45, 2.75) is 39.3 Å². The van der Waals surface area contributed by atoms with Crippen LogP contribution in [-0.4, -0.2) is 33.9 Å². The van der Waals surface area contributed by atoms with Crippen LogP contribution in [0.1, 0.15) is 46.7 Å². The highest BCUT2D eigenvalue weighted by Crippen LogP contribution is 2.16. The minimum Gasteiger partial charge on any atom is -0.347 e. The first-order valence-electron chi connectivity index (χ1n) is 8.59. The van der Waals surface area contributed by atoms with Gasteiger partial charge in [0.15, 0.2) is 0 Å². The minimum atomic E-state index is -0.159. The molecule has 1 fully saturated rings. The molecule has 2 heterocycles. The summed E-state index contributed by atoms with van der Waals surface area (Å²) in [5.41, 5.74) is 2.87. The molecule has 0 atom stereocenters. The quantitative estimate of drug-likeness (QED) is 0.919. The molecule has 5 nitrogen and oxygen atoms in total. The van der Waals surface area contributed by atoms with Crippen molar-refractivity contribution in [1.29, 1.82) is 0 Å². The van der Waals surface area contributed by atoms with Crippen LogP contribution in [0.25, 0.3) is 0 Å². The molecule has 0 radical (unpaired) electrons. The van der Waals surface area contributed by atoms with E-state index in [9.17, 15) is 4.79 Å². The Kier molecular flexibility index (Phi) is 5.54. The summed E-state index contributed by atoms with van der Waals surface area (Å²) in [5.74, 6) is 0.446. The first-order chi connectivity index (χ1) is 11.7. The smallest absolute Gasteiger partial charge is 0.270 e. The molecule has 126 valence electrons. The van der Waals surface area contributed by atoms with Gasteiger partial charge in [0.05, 0.1) is 0 Å². The van der Waals surface area contributed by atoms with Crippen molar-refractivity contribution in [3.8, 4) is 0 Å². The number of carbonyl (C=O) groups excluding carboxylic acids is 1. The van der Waals surface area contributed by atoms with Gasteiger partial charge in [-0.2, -0.15) is 0 Å². The van der Waals surface area contributed by atoms with Crippen molar-refractivity contribution in [1.82, 2.24) is 20.2 Å². The van der Waals surface area contributed by atoms with Gasteiger partial charge in [-0.15, -0.1) is 0 Å². The van der Waals surface area contributed by atoms with Gasteiger partial charge in [0.1, 0.15) is 11.5 Å². The number of rotatable bonds is 5. The number of hydrogen-bond acceptors (Lipinski definition) is 4. The lowest BCUT2D eigenvalue weighted by Crippen LogP contribution is -2.30. The van der Waals surface area contributed by atoms with Crippen LogP contribution < -0.4 is 5.32 Å². The number of carbonyl (C=O) groups is 1. The third kappa shape index (κ3) is 4.38. The summed E-state index contributed by atoms with van der Waals surface area (Å²) in [6, 6.07) is 9.98. The molecule has 1 N–H and O–H groups in total. The molecule has 24 heavy (non-hydrogen) atoms. The van der Waals surface area contributed by atoms with Crippen molar-refractivity contribution in [3.63, 3.8) is 0 Å². The number of hydrogen-bond donors (Lipinski definition) is 1. The van der Waals surface area contributed by atoms with Crippen LogP contribution in [0.4, 0.5) is 0 Å². The lowest BCUT2D eigenvalue weighted by Gasteiger charge is -2.27. The summed E-state index contributed by atoms with van der Waals surface area (Å²) in [6.45, 7) is 5.59. The van der Waals surface area contributed by atoms with Crippen LogP contribution in [0.2, 0.25) is 0 Å². The minimum absolute atomic E-state index is 0.159. The lowest BCUT2D eigenvalue weighted by molar-refractivity contribution is 0.0945. The normalized spacial score (nSPS) is 15.2. The van der Waals surface area contributed by atoms with Gasteiger partial charge < -0.3 is 5.32 Å². The maximum atomic E-state index is 12.3. The fourth-order valence-corrected chi connectivity index (χ4v) is 3.09. The second kappa shape index (κ2) is 8.02. The third-order valence-corrected chi connectivity index (χ3v) is 4.41. The molecule has 5 heteroatoms. The van der Waals surface area contributed by atoms with Gasteiger partial charge in [-0.3, -0.25) is 9.69 Å². The summed E-state index contributed by atoms with van der Waals surface area (Å²) >= 11 is 0. The van der Waals surface area contributed by atoms with Crippen LogP contribution in [0, 0.1) is 6.92 Å². The Morgan fingerprint density at radius 3 is 2.62 bits per heavy atom. The molecule has 3 rings (SSSR count). The number of nitrogens with zero attached hydrogens (tertiary/aromatic N) is 3. The van der Waals surface area contributed by atoms with Crippen LogP contribution in [0.3, 0.4) is 0 Å². The molecule has 0 bridgehead atoms. The third-order valence-electron chi connectivity index (χ3n) is 4.41. The van der Waals surface area contributed by atoms with Crippen LogP contribution >= 0.6 is 0 Å². The van der Waals surface area contributed by atoms with Gasteiger partial charge in [0.25, 0.3) is 5.91 Å². The zero-order chi connectivity index (χ0) is 16.8. The van der Waals surface area contributed by atoms with E-state index in [2.05, 4.69) is 38.4 Å². The molecule has 0 spiro atoms. The fraction of sp³-hybridized carbons (Fsp3) is 0.421. The number of aryl methyl sites for hydroxylation is 1. The summed E-state index contributed by atoms with van der Waals surface area (Å²) in [6.07, 6.45) is 5.52. The predicted molar refractivity (Wildman–Crippen MR) is 93.5 cm³/mol. The highest BCUT2D eigenvalue weighted by atomic mass is 16.1. The van der Waals surface area contributed by atoms with Crippen LogP contribution in [0.15, 0.2) is 36.5 Å². The van der Waals surface area contributed by atoms with Gasteiger partial charge >= 0.3 is 0 Å². The Morgan fingerprint density at radius 2 is 1.88 bits per heavy atom. The molecule has 2 aromatic rings. The van der Waals surface area contributed by atoms with Crippen LogP contribution in [0.5, 0.6) is 0 Å². The number of benzene rings is 1. The Balaban J connectivity index is 1.63. The second-order valence-corrected chi connectivity index (χ2v) is 6.28. The highest BCUT2D eigenvalue weighted by Gasteiger charge is 2.13. The number of nitrogens with one attached hydrogen (secondary N) is 1. The Bertz CT molecular complexity index is 695. The van der Waals surface area contributed by atoms with Gasteiger partial charge in [0, 0.05) is 19.3 Å². The molecule has 1 aromatic heterocycles. The van der Waals surface area contributed by atoms with E-state index < -0.39 is 0 Å². The van der Waals surface area contributed by atoms with Gasteiger partial charge in [-0.1, -0.05) is 30.7 Å². The standard InChI is InChI=1S/C19H24N4O/c1-15-20-10-9-18(22-15)19(24)21-13-16-7-3-4-8-17(16)14-23-11-5-2-6-12-23/h3-4,7-10H,2,5-6,11-14H2,1H3,(H,21,24). The Hall–Kier alpha value is -2.27. The molecular weight excluding hydrogens is 300 g/mol. The van der Waals surface area contributed by atoms with Crippen molar-refractivity contribution < 1.29 is 4.79 Å². The first kappa shape index (κ1) is 16.6. The van der Waals surface area contributed by atoms with Gasteiger partial charge in [-0.25, -0.2) is 9.97 Å². The monoisotopic (exact) mass is 324 g/mol. The van der Waals surface area contributed by atoms with Gasteiger partial charge in [0.2, 0.25) is 0 Å². The van der Waals surface area contributed by atoms with E-state index in [0.29, 0.717) is 18.1 Å². The van der Waals surface area contributed by atoms with Gasteiger partial charge in [-0.05, 0) is 50.0 Å². The zero-order valence-electron chi connectivity index (χ0n) is 14.2. The molecule has 1 aliphatic rings. The topological polar surface area (TPSA) is 58.1 Å². The molecule has 0 saturated carbocycles. The maximum absolute atomic E-state index is 12.3. The number of piperidine rings is 1. The first-order valence-corrected chi connectivity index (χ1v) is 8.59. The molecule has 1 aliphatic heterocycles. The van der Waals surface area contributed by atoms with E-state index in [1.807, 2.05) is 6.07 Å². The summed E-state index contributed by atoms with van der Waals surface area (Å²) in [4.78, 5) is 23.0. The fourth-order valence-electron chi connectivity index (χ4n) is 3.09. The van der Waals surface area contributed by atoms with Crippen molar-refractivity contribution in [2.75, 3.05) is 13.1 Å². The Labute approximate surface area is 143 Å². The Morgan fingerprint density at radius 1 is 1.12 bits per heavy atom. The second-order valence-electron chi connectivity index (χ2n) is 6.28. The van der Waals surface area contributed by atoms with Crippen molar-refractivity contribution in [2.24, 2.45) is 0 Å². The van der Waals surface area contributed by atoms with Crippen molar-refractivity contribution in [3.05, 3.63) is 59.2 Å². The number of amides is 1. The summed E-state index contributed by atoms with van der Waals surface area (Å²) in [5, 5.41) is 2.97. The molecule has 1 amide bonds. The van der Waals surface area contributed by atoms with E-state index >= 15 is 0 Å². The lowest BCUT2D eigenvalue weighted by atomic mass is 10.0. The van der Waals surface area contributed by atoms with E-state index in [1.54, 1.807) is 19.2 Å². The number of aromatic nitrogens is 2. The van der Waals surface area contributed by atoms with Crippen LogP contribution in [-0.2, 0) is 13.1 Å². The largest absolute Gasteiger partial charge is 0.347 e. The van der Waals surface area contributed by atoms with E-state index in [1.165, 1.54) is 43.5 Å². The number of likely N-dealkylation sites (tertiary alicyclic amines) is 1. The predicted octanol–water partition coefficient (Wildman–Crippen LogP) is 2.70. The molecule has 1 saturated heterocycles. The van der Waals surface area contributed by atoms with Crippen molar-refractivity contribution >= 4 is 5.91 Å².